The van der Waals surface area contributed by atoms with Crippen LogP contribution in [-0.2, 0) is 16.1 Å². The molecule has 0 radical (unpaired) electrons. The number of carboxylic acids is 1. The Hall–Kier alpha value is -2.86. The molecule has 3 rings (SSSR count). The van der Waals surface area contributed by atoms with Crippen LogP contribution in [0.5, 0.6) is 5.75 Å². The van der Waals surface area contributed by atoms with Gasteiger partial charge in [0.1, 0.15) is 5.75 Å². The molecule has 6 heteroatoms. The molecule has 0 saturated heterocycles. The van der Waals surface area contributed by atoms with Crippen molar-refractivity contribution in [2.45, 2.75) is 84.4 Å². The first kappa shape index (κ1) is 24.8. The van der Waals surface area contributed by atoms with E-state index >= 15 is 0 Å². The summed E-state index contributed by atoms with van der Waals surface area (Å²) < 4.78 is 5.53. The standard InChI is InChI=1S/C27H36N2O4/c1-18-8-10-23(19(2)14-18)29-25(30)16-27(12-6-5-7-13-27)28-17-22-9-11-24(20(3)15-22)33-21(4)26(31)32/h8-11,14-15,21,28H,5-7,12-13,16-17H2,1-4H3,(H,29,30)(H,31,32). The van der Waals surface area contributed by atoms with Gasteiger partial charge in [-0.3, -0.25) is 4.79 Å². The zero-order chi connectivity index (χ0) is 24.0. The van der Waals surface area contributed by atoms with Crippen LogP contribution >= 0.6 is 0 Å². The maximum Gasteiger partial charge on any atom is 0.344 e. The third-order valence-corrected chi connectivity index (χ3v) is 6.52. The number of amides is 1. The fraction of sp³-hybridized carbons (Fsp3) is 0.481. The van der Waals surface area contributed by atoms with Crippen LogP contribution in [-0.4, -0.2) is 28.6 Å². The second-order valence-electron chi connectivity index (χ2n) is 9.44. The molecule has 1 aliphatic rings. The number of carboxylic acid groups (broad SMARTS) is 1. The molecule has 6 nitrogen and oxygen atoms in total. The molecule has 1 amide bonds. The fourth-order valence-electron chi connectivity index (χ4n) is 4.58. The highest BCUT2D eigenvalue weighted by Gasteiger charge is 2.34. The molecule has 0 aliphatic heterocycles. The lowest BCUT2D eigenvalue weighted by Crippen LogP contribution is -2.48. The maximum absolute atomic E-state index is 13.0. The van der Waals surface area contributed by atoms with Crippen LogP contribution in [0.1, 0.15) is 67.7 Å². The molecule has 33 heavy (non-hydrogen) atoms. The van der Waals surface area contributed by atoms with E-state index in [0.717, 1.165) is 48.1 Å². The first-order valence-electron chi connectivity index (χ1n) is 11.8. The first-order valence-corrected chi connectivity index (χ1v) is 11.8. The minimum absolute atomic E-state index is 0.0407. The van der Waals surface area contributed by atoms with Gasteiger partial charge in [-0.25, -0.2) is 4.79 Å². The summed E-state index contributed by atoms with van der Waals surface area (Å²) in [5.74, 6) is -0.369. The number of carbonyl (C=O) groups excluding carboxylic acids is 1. The summed E-state index contributed by atoms with van der Waals surface area (Å²) >= 11 is 0. The third kappa shape index (κ3) is 6.81. The number of hydrogen-bond donors (Lipinski definition) is 3. The molecular formula is C27H36N2O4. The molecule has 0 bridgehead atoms. The Labute approximate surface area is 196 Å². The van der Waals surface area contributed by atoms with E-state index in [1.54, 1.807) is 0 Å². The van der Waals surface area contributed by atoms with Crippen LogP contribution in [0.3, 0.4) is 0 Å². The molecule has 3 N–H and O–H groups in total. The van der Waals surface area contributed by atoms with Gasteiger partial charge in [-0.1, -0.05) is 49.1 Å². The van der Waals surface area contributed by atoms with Crippen LogP contribution in [0, 0.1) is 20.8 Å². The Balaban J connectivity index is 1.66. The highest BCUT2D eigenvalue weighted by molar-refractivity contribution is 5.92. The second kappa shape index (κ2) is 10.8. The van der Waals surface area contributed by atoms with E-state index in [1.165, 1.54) is 18.9 Å². The summed E-state index contributed by atoms with van der Waals surface area (Å²) in [5.41, 5.74) is 4.89. The largest absolute Gasteiger partial charge is 0.479 e. The number of aliphatic carboxylic acids is 1. The Bertz CT molecular complexity index is 996. The van der Waals surface area contributed by atoms with E-state index in [1.807, 2.05) is 51.1 Å². The molecule has 1 aliphatic carbocycles. The normalized spacial score (nSPS) is 16.1. The van der Waals surface area contributed by atoms with Crippen molar-refractivity contribution >= 4 is 17.6 Å². The van der Waals surface area contributed by atoms with E-state index < -0.39 is 12.1 Å². The summed E-state index contributed by atoms with van der Waals surface area (Å²) in [7, 11) is 0. The zero-order valence-electron chi connectivity index (χ0n) is 20.2. The predicted molar refractivity (Wildman–Crippen MR) is 131 cm³/mol. The fourth-order valence-corrected chi connectivity index (χ4v) is 4.58. The highest BCUT2D eigenvalue weighted by atomic mass is 16.5. The van der Waals surface area contributed by atoms with Crippen molar-refractivity contribution in [3.63, 3.8) is 0 Å². The number of hydrogen-bond acceptors (Lipinski definition) is 4. The summed E-state index contributed by atoms with van der Waals surface area (Å²) in [6, 6.07) is 11.9. The molecule has 1 atom stereocenters. The van der Waals surface area contributed by atoms with Gasteiger partial charge in [0, 0.05) is 24.2 Å². The van der Waals surface area contributed by atoms with Gasteiger partial charge in [-0.15, -0.1) is 0 Å². The molecule has 1 fully saturated rings. The van der Waals surface area contributed by atoms with Crippen LogP contribution in [0.25, 0.3) is 0 Å². The average Bonchev–Trinajstić information content (AvgIpc) is 2.76. The summed E-state index contributed by atoms with van der Waals surface area (Å²) in [4.78, 5) is 24.0. The lowest BCUT2D eigenvalue weighted by molar-refractivity contribution is -0.144. The lowest BCUT2D eigenvalue weighted by atomic mass is 9.78. The van der Waals surface area contributed by atoms with Crippen molar-refractivity contribution in [1.82, 2.24) is 5.32 Å². The molecular weight excluding hydrogens is 416 g/mol. The smallest absolute Gasteiger partial charge is 0.344 e. The van der Waals surface area contributed by atoms with Crippen LogP contribution in [0.15, 0.2) is 36.4 Å². The molecule has 0 heterocycles. The Morgan fingerprint density at radius 2 is 1.76 bits per heavy atom. The topological polar surface area (TPSA) is 87.7 Å². The maximum atomic E-state index is 13.0. The number of nitrogens with one attached hydrogen (secondary N) is 2. The van der Waals surface area contributed by atoms with Gasteiger partial charge in [0.15, 0.2) is 6.10 Å². The minimum Gasteiger partial charge on any atom is -0.479 e. The van der Waals surface area contributed by atoms with Crippen molar-refractivity contribution in [3.8, 4) is 5.75 Å². The summed E-state index contributed by atoms with van der Waals surface area (Å²) in [6.45, 7) is 8.15. The van der Waals surface area contributed by atoms with Crippen LogP contribution in [0.4, 0.5) is 5.69 Å². The molecule has 0 spiro atoms. The summed E-state index contributed by atoms with van der Waals surface area (Å²) in [6.07, 6.45) is 4.93. The number of carbonyl (C=O) groups is 2. The van der Waals surface area contributed by atoms with E-state index in [2.05, 4.69) is 16.7 Å². The number of anilines is 1. The first-order chi connectivity index (χ1) is 15.7. The molecule has 1 saturated carbocycles. The molecule has 0 aromatic heterocycles. The molecule has 178 valence electrons. The molecule has 1 unspecified atom stereocenters. The van der Waals surface area contributed by atoms with Crippen molar-refractivity contribution in [2.24, 2.45) is 0 Å². The van der Waals surface area contributed by atoms with E-state index in [-0.39, 0.29) is 11.4 Å². The Morgan fingerprint density at radius 3 is 2.39 bits per heavy atom. The number of ether oxygens (including phenoxy) is 1. The predicted octanol–water partition coefficient (Wildman–Crippen LogP) is 5.29. The quantitative estimate of drug-likeness (QED) is 0.481. The van der Waals surface area contributed by atoms with Crippen LogP contribution in [0.2, 0.25) is 0 Å². The van der Waals surface area contributed by atoms with Gasteiger partial charge in [0.05, 0.1) is 0 Å². The SMILES string of the molecule is Cc1ccc(NC(=O)CC2(NCc3ccc(OC(C)C(=O)O)c(C)c3)CCCCC2)c(C)c1. The number of benzene rings is 2. The van der Waals surface area contributed by atoms with Crippen molar-refractivity contribution in [3.05, 3.63) is 58.7 Å². The van der Waals surface area contributed by atoms with Gasteiger partial charge >= 0.3 is 5.97 Å². The van der Waals surface area contributed by atoms with E-state index in [9.17, 15) is 9.59 Å². The Morgan fingerprint density at radius 1 is 1.03 bits per heavy atom. The zero-order valence-corrected chi connectivity index (χ0v) is 20.2. The lowest BCUT2D eigenvalue weighted by Gasteiger charge is -2.38. The molecule has 2 aromatic rings. The van der Waals surface area contributed by atoms with Gasteiger partial charge in [-0.2, -0.15) is 0 Å². The van der Waals surface area contributed by atoms with Crippen molar-refractivity contribution < 1.29 is 19.4 Å². The van der Waals surface area contributed by atoms with Gasteiger partial charge < -0.3 is 20.5 Å². The Kier molecular flexibility index (Phi) is 8.14. The number of aryl methyl sites for hydroxylation is 3. The monoisotopic (exact) mass is 452 g/mol. The van der Waals surface area contributed by atoms with Gasteiger partial charge in [-0.05, 0) is 69.4 Å². The van der Waals surface area contributed by atoms with E-state index in [0.29, 0.717) is 18.7 Å². The van der Waals surface area contributed by atoms with E-state index in [4.69, 9.17) is 9.84 Å². The van der Waals surface area contributed by atoms with Crippen molar-refractivity contribution in [1.29, 1.82) is 0 Å². The second-order valence-corrected chi connectivity index (χ2v) is 9.44. The highest BCUT2D eigenvalue weighted by Crippen LogP contribution is 2.32. The van der Waals surface area contributed by atoms with Gasteiger partial charge in [0.2, 0.25) is 5.91 Å². The molecule has 2 aromatic carbocycles. The minimum atomic E-state index is -0.988. The van der Waals surface area contributed by atoms with Crippen molar-refractivity contribution in [2.75, 3.05) is 5.32 Å². The summed E-state index contributed by atoms with van der Waals surface area (Å²) in [5, 5.41) is 15.9. The average molecular weight is 453 g/mol. The third-order valence-electron chi connectivity index (χ3n) is 6.52. The number of rotatable bonds is 9. The van der Waals surface area contributed by atoms with Crippen LogP contribution < -0.4 is 15.4 Å². The van der Waals surface area contributed by atoms with Gasteiger partial charge in [0.25, 0.3) is 0 Å².